The average molecular weight is 374 g/mol. The Balaban J connectivity index is 1.75. The second-order valence-corrected chi connectivity index (χ2v) is 6.97. The third-order valence-electron chi connectivity index (χ3n) is 5.18. The molecule has 1 amide bonds. The predicted molar refractivity (Wildman–Crippen MR) is 107 cm³/mol. The summed E-state index contributed by atoms with van der Waals surface area (Å²) in [4.78, 5) is 28.4. The number of carbonyl (C=O) groups excluding carboxylic acids is 2. The second-order valence-electron chi connectivity index (χ2n) is 6.97. The van der Waals surface area contributed by atoms with Crippen LogP contribution in [0.15, 0.2) is 48.5 Å². The fourth-order valence-electron chi connectivity index (χ4n) is 3.97. The first-order valence-corrected chi connectivity index (χ1v) is 9.40. The Morgan fingerprint density at radius 2 is 1.61 bits per heavy atom. The maximum absolute atomic E-state index is 13.2. The SMILES string of the molecule is CCc1c(C(=O)NC2c3ccccc3Oc3ccccc32)[nH]c(C)c1C(C)=O. The van der Waals surface area contributed by atoms with Crippen molar-refractivity contribution in [1.82, 2.24) is 10.3 Å². The van der Waals surface area contributed by atoms with Crippen LogP contribution >= 0.6 is 0 Å². The van der Waals surface area contributed by atoms with E-state index in [2.05, 4.69) is 10.3 Å². The van der Waals surface area contributed by atoms with E-state index >= 15 is 0 Å². The number of nitrogens with one attached hydrogen (secondary N) is 2. The van der Waals surface area contributed by atoms with E-state index in [0.717, 1.165) is 33.9 Å². The molecule has 5 heteroatoms. The summed E-state index contributed by atoms with van der Waals surface area (Å²) in [5.41, 5.74) is 4.36. The van der Waals surface area contributed by atoms with Gasteiger partial charge < -0.3 is 15.0 Å². The molecule has 0 atom stereocenters. The number of aryl methyl sites for hydroxylation is 1. The van der Waals surface area contributed by atoms with Gasteiger partial charge in [-0.2, -0.15) is 0 Å². The van der Waals surface area contributed by atoms with Crippen LogP contribution in [0, 0.1) is 6.92 Å². The summed E-state index contributed by atoms with van der Waals surface area (Å²) >= 11 is 0. The maximum atomic E-state index is 13.2. The molecule has 5 nitrogen and oxygen atoms in total. The molecule has 0 aliphatic carbocycles. The number of amides is 1. The van der Waals surface area contributed by atoms with Crippen LogP contribution in [0.3, 0.4) is 0 Å². The van der Waals surface area contributed by atoms with Crippen LogP contribution in [0.5, 0.6) is 11.5 Å². The van der Waals surface area contributed by atoms with E-state index in [-0.39, 0.29) is 17.7 Å². The van der Waals surface area contributed by atoms with Crippen molar-refractivity contribution in [3.05, 3.63) is 82.2 Å². The number of fused-ring (bicyclic) bond motifs is 2. The molecule has 3 aromatic rings. The van der Waals surface area contributed by atoms with Gasteiger partial charge in [0, 0.05) is 22.4 Å². The lowest BCUT2D eigenvalue weighted by molar-refractivity contribution is 0.0936. The number of benzene rings is 2. The van der Waals surface area contributed by atoms with Crippen molar-refractivity contribution in [2.75, 3.05) is 0 Å². The highest BCUT2D eigenvalue weighted by Gasteiger charge is 2.30. The number of H-pyrrole nitrogens is 1. The first kappa shape index (κ1) is 18.0. The average Bonchev–Trinajstić information content (AvgIpc) is 3.04. The minimum atomic E-state index is -0.331. The predicted octanol–water partition coefficient (Wildman–Crippen LogP) is 4.71. The molecule has 1 aliphatic heterocycles. The zero-order chi connectivity index (χ0) is 19.8. The smallest absolute Gasteiger partial charge is 0.268 e. The van der Waals surface area contributed by atoms with E-state index in [0.29, 0.717) is 17.7 Å². The van der Waals surface area contributed by atoms with Gasteiger partial charge in [0.1, 0.15) is 17.2 Å². The fraction of sp³-hybridized carbons (Fsp3) is 0.217. The summed E-state index contributed by atoms with van der Waals surface area (Å²) in [5.74, 6) is 1.19. The van der Waals surface area contributed by atoms with Crippen molar-refractivity contribution < 1.29 is 14.3 Å². The van der Waals surface area contributed by atoms with Gasteiger partial charge in [-0.1, -0.05) is 43.3 Å². The molecule has 0 spiro atoms. The van der Waals surface area contributed by atoms with E-state index in [1.165, 1.54) is 6.92 Å². The standard InChI is InChI=1S/C23H22N2O3/c1-4-15-20(14(3)26)13(2)24-22(15)23(27)25-21-16-9-5-7-11-18(16)28-19-12-8-6-10-17(19)21/h5-12,21,24H,4H2,1-3H3,(H,25,27). The number of Topliss-reactive ketones (excluding diaryl/α,β-unsaturated/α-hetero) is 1. The van der Waals surface area contributed by atoms with E-state index in [1.54, 1.807) is 0 Å². The van der Waals surface area contributed by atoms with Crippen LogP contribution in [0.4, 0.5) is 0 Å². The zero-order valence-corrected chi connectivity index (χ0v) is 16.1. The molecule has 2 heterocycles. The molecule has 0 bridgehead atoms. The molecule has 2 aromatic carbocycles. The Bertz CT molecular complexity index is 1040. The van der Waals surface area contributed by atoms with E-state index in [1.807, 2.05) is 62.4 Å². The van der Waals surface area contributed by atoms with Crippen LogP contribution in [0.1, 0.15) is 63.1 Å². The first-order chi connectivity index (χ1) is 13.5. The highest BCUT2D eigenvalue weighted by molar-refractivity contribution is 6.03. The van der Waals surface area contributed by atoms with Crippen LogP contribution in [0.2, 0.25) is 0 Å². The lowest BCUT2D eigenvalue weighted by atomic mass is 9.94. The largest absolute Gasteiger partial charge is 0.457 e. The van der Waals surface area contributed by atoms with Crippen LogP contribution < -0.4 is 10.1 Å². The molecule has 4 rings (SSSR count). The second kappa shape index (κ2) is 7.00. The normalized spacial score (nSPS) is 12.7. The van der Waals surface area contributed by atoms with Crippen molar-refractivity contribution >= 4 is 11.7 Å². The van der Waals surface area contributed by atoms with Gasteiger partial charge in [-0.3, -0.25) is 9.59 Å². The fourth-order valence-corrected chi connectivity index (χ4v) is 3.97. The minimum Gasteiger partial charge on any atom is -0.457 e. The van der Waals surface area contributed by atoms with Crippen molar-refractivity contribution in [2.45, 2.75) is 33.2 Å². The van der Waals surface area contributed by atoms with Crippen molar-refractivity contribution in [1.29, 1.82) is 0 Å². The van der Waals surface area contributed by atoms with Crippen LogP contribution in [0.25, 0.3) is 0 Å². The Morgan fingerprint density at radius 3 is 2.14 bits per heavy atom. The molecule has 0 radical (unpaired) electrons. The molecule has 0 saturated heterocycles. The van der Waals surface area contributed by atoms with Gasteiger partial charge >= 0.3 is 0 Å². The maximum Gasteiger partial charge on any atom is 0.268 e. The quantitative estimate of drug-likeness (QED) is 0.650. The molecule has 1 aromatic heterocycles. The topological polar surface area (TPSA) is 71.2 Å². The Kier molecular flexibility index (Phi) is 4.51. The Morgan fingerprint density at radius 1 is 1.04 bits per heavy atom. The molecule has 28 heavy (non-hydrogen) atoms. The molecule has 0 unspecified atom stereocenters. The van der Waals surface area contributed by atoms with Crippen molar-refractivity contribution in [3.8, 4) is 11.5 Å². The monoisotopic (exact) mass is 374 g/mol. The van der Waals surface area contributed by atoms with Gasteiger partial charge in [-0.25, -0.2) is 0 Å². The molecule has 2 N–H and O–H groups in total. The number of aromatic nitrogens is 1. The lowest BCUT2D eigenvalue weighted by Crippen LogP contribution is -2.32. The van der Waals surface area contributed by atoms with E-state index in [4.69, 9.17) is 4.74 Å². The molecule has 142 valence electrons. The Hall–Kier alpha value is -3.34. The number of carbonyl (C=O) groups is 2. The number of para-hydroxylation sites is 2. The Labute approximate surface area is 163 Å². The molecule has 0 saturated carbocycles. The number of ether oxygens (including phenoxy) is 1. The number of hydrogen-bond acceptors (Lipinski definition) is 3. The van der Waals surface area contributed by atoms with Gasteiger partial charge in [0.25, 0.3) is 5.91 Å². The molecule has 1 aliphatic rings. The number of ketones is 1. The zero-order valence-electron chi connectivity index (χ0n) is 16.1. The van der Waals surface area contributed by atoms with E-state index in [9.17, 15) is 9.59 Å². The number of aromatic amines is 1. The third kappa shape index (κ3) is 2.89. The lowest BCUT2D eigenvalue weighted by Gasteiger charge is -2.28. The summed E-state index contributed by atoms with van der Waals surface area (Å²) < 4.78 is 5.99. The third-order valence-corrected chi connectivity index (χ3v) is 5.18. The molecular formula is C23H22N2O3. The summed E-state index contributed by atoms with van der Waals surface area (Å²) in [7, 11) is 0. The van der Waals surface area contributed by atoms with Crippen molar-refractivity contribution in [3.63, 3.8) is 0 Å². The minimum absolute atomic E-state index is 0.0357. The number of hydrogen-bond donors (Lipinski definition) is 2. The van der Waals surface area contributed by atoms with Crippen LogP contribution in [-0.4, -0.2) is 16.7 Å². The first-order valence-electron chi connectivity index (χ1n) is 9.40. The van der Waals surface area contributed by atoms with E-state index < -0.39 is 0 Å². The summed E-state index contributed by atoms with van der Waals surface area (Å²) in [5, 5.41) is 3.14. The summed E-state index contributed by atoms with van der Waals surface area (Å²) in [6, 6.07) is 15.1. The molecular weight excluding hydrogens is 352 g/mol. The summed E-state index contributed by atoms with van der Waals surface area (Å²) in [6.45, 7) is 5.30. The molecule has 0 fully saturated rings. The number of rotatable bonds is 4. The van der Waals surface area contributed by atoms with Gasteiger partial charge in [0.2, 0.25) is 0 Å². The van der Waals surface area contributed by atoms with Gasteiger partial charge in [-0.15, -0.1) is 0 Å². The van der Waals surface area contributed by atoms with Gasteiger partial charge in [0.15, 0.2) is 5.78 Å². The van der Waals surface area contributed by atoms with Crippen LogP contribution in [-0.2, 0) is 6.42 Å². The highest BCUT2D eigenvalue weighted by atomic mass is 16.5. The van der Waals surface area contributed by atoms with Gasteiger partial charge in [-0.05, 0) is 38.0 Å². The van der Waals surface area contributed by atoms with Crippen molar-refractivity contribution in [2.24, 2.45) is 0 Å². The summed E-state index contributed by atoms with van der Waals surface area (Å²) in [6.07, 6.45) is 0.600. The highest BCUT2D eigenvalue weighted by Crippen LogP contribution is 2.42. The van der Waals surface area contributed by atoms with Gasteiger partial charge in [0.05, 0.1) is 6.04 Å².